The van der Waals surface area contributed by atoms with E-state index in [1.165, 1.54) is 22.4 Å². The number of nitrogens with zero attached hydrogens (tertiary/aromatic N) is 1. The molecule has 2 aliphatic rings. The van der Waals surface area contributed by atoms with Gasteiger partial charge < -0.3 is 5.11 Å². The molecule has 1 N–H and O–H groups in total. The number of hydrogen-bond acceptors (Lipinski definition) is 5. The smallest absolute Gasteiger partial charge is 0.416 e. The Labute approximate surface area is 208 Å². The van der Waals surface area contributed by atoms with Gasteiger partial charge in [-0.25, -0.2) is 0 Å². The van der Waals surface area contributed by atoms with E-state index in [2.05, 4.69) is 0 Å². The van der Waals surface area contributed by atoms with E-state index in [4.69, 9.17) is 12.2 Å². The summed E-state index contributed by atoms with van der Waals surface area (Å²) < 4.78 is 79.3. The van der Waals surface area contributed by atoms with Crippen molar-refractivity contribution >= 4 is 57.6 Å². The van der Waals surface area contributed by atoms with Gasteiger partial charge in [-0.3, -0.25) is 14.5 Å². The second-order valence-corrected chi connectivity index (χ2v) is 10.7. The van der Waals surface area contributed by atoms with Crippen LogP contribution in [0.2, 0.25) is 0 Å². The van der Waals surface area contributed by atoms with Crippen LogP contribution in [0.5, 0.6) is 0 Å². The fourth-order valence-corrected chi connectivity index (χ4v) is 6.36. The average molecular weight is 552 g/mol. The van der Waals surface area contributed by atoms with Crippen LogP contribution in [-0.2, 0) is 21.9 Å². The second kappa shape index (κ2) is 9.25. The summed E-state index contributed by atoms with van der Waals surface area (Å²) in [6.45, 7) is 0. The Morgan fingerprint density at radius 1 is 1.03 bits per heavy atom. The van der Waals surface area contributed by atoms with Crippen LogP contribution < -0.4 is 0 Å². The predicted molar refractivity (Wildman–Crippen MR) is 124 cm³/mol. The quantitative estimate of drug-likeness (QED) is 0.254. The van der Waals surface area contributed by atoms with Gasteiger partial charge in [0.1, 0.15) is 4.32 Å². The number of carbonyl (C=O) groups is 2. The van der Waals surface area contributed by atoms with Crippen LogP contribution in [0, 0.1) is 5.92 Å². The highest BCUT2D eigenvalue weighted by Gasteiger charge is 2.42. The standard InChI is InChI=1S/C22H15F6NO3S3/c23-21(24,25)13-3-11(4-14(7-13)22(26,27)28)12-6-16(34-9-12)8-17-18(30)29(20(33)35-17)15-2-1-10(5-15)19(31)32/h3-4,6-10,15H,1-2,5H2,(H,31,32)/t10-,15+/m1/s1. The van der Waals surface area contributed by atoms with Crippen LogP contribution in [0.4, 0.5) is 26.3 Å². The number of halogens is 6. The fraction of sp³-hybridized carbons (Fsp3) is 0.318. The first kappa shape index (κ1) is 25.7. The molecule has 0 unspecified atom stereocenters. The lowest BCUT2D eigenvalue weighted by atomic mass is 10.0. The van der Waals surface area contributed by atoms with E-state index in [0.717, 1.165) is 23.1 Å². The molecule has 13 heteroatoms. The van der Waals surface area contributed by atoms with E-state index in [0.29, 0.717) is 29.9 Å². The molecule has 2 heterocycles. The molecule has 2 aromatic rings. The maximum atomic E-state index is 13.2. The van der Waals surface area contributed by atoms with E-state index in [9.17, 15) is 41.0 Å². The molecular weight excluding hydrogens is 536 g/mol. The van der Waals surface area contributed by atoms with Gasteiger partial charge in [0.2, 0.25) is 0 Å². The number of alkyl halides is 6. The van der Waals surface area contributed by atoms with Crippen molar-refractivity contribution in [2.45, 2.75) is 37.7 Å². The summed E-state index contributed by atoms with van der Waals surface area (Å²) in [6, 6.07) is 2.45. The van der Waals surface area contributed by atoms with Gasteiger partial charge >= 0.3 is 18.3 Å². The molecule has 35 heavy (non-hydrogen) atoms. The molecule has 4 nitrogen and oxygen atoms in total. The molecule has 1 aliphatic heterocycles. The zero-order valence-corrected chi connectivity index (χ0v) is 19.9. The van der Waals surface area contributed by atoms with Gasteiger partial charge in [-0.15, -0.1) is 11.3 Å². The Balaban J connectivity index is 1.60. The van der Waals surface area contributed by atoms with Gasteiger partial charge in [0.05, 0.1) is 21.9 Å². The lowest BCUT2D eigenvalue weighted by molar-refractivity contribution is -0.143. The highest BCUT2D eigenvalue weighted by molar-refractivity contribution is 8.26. The molecule has 0 spiro atoms. The second-order valence-electron chi connectivity index (χ2n) is 8.09. The molecule has 1 aromatic heterocycles. The minimum absolute atomic E-state index is 0.0695. The predicted octanol–water partition coefficient (Wildman–Crippen LogP) is 6.91. The summed E-state index contributed by atoms with van der Waals surface area (Å²) in [5.74, 6) is -1.88. The van der Waals surface area contributed by atoms with Crippen LogP contribution in [-0.4, -0.2) is 32.2 Å². The van der Waals surface area contributed by atoms with Gasteiger partial charge in [-0.2, -0.15) is 26.3 Å². The summed E-state index contributed by atoms with van der Waals surface area (Å²) in [6.07, 6.45) is -7.21. The van der Waals surface area contributed by atoms with Gasteiger partial charge in [-0.05, 0) is 66.1 Å². The van der Waals surface area contributed by atoms with E-state index in [1.54, 1.807) is 0 Å². The third-order valence-electron chi connectivity index (χ3n) is 5.76. The number of carboxylic acids is 1. The normalized spacial score (nSPS) is 22.5. The number of carbonyl (C=O) groups excluding carboxylic acids is 1. The summed E-state index contributed by atoms with van der Waals surface area (Å²) in [5.41, 5.74) is -2.92. The Bertz CT molecular complexity index is 1200. The number of thiocarbonyl (C=S) groups is 1. The van der Waals surface area contributed by atoms with Gasteiger partial charge in [0.15, 0.2) is 0 Å². The van der Waals surface area contributed by atoms with Crippen LogP contribution in [0.3, 0.4) is 0 Å². The van der Waals surface area contributed by atoms with Crippen molar-refractivity contribution in [2.75, 3.05) is 0 Å². The lowest BCUT2D eigenvalue weighted by Gasteiger charge is -2.22. The molecule has 4 rings (SSSR count). The number of carboxylic acid groups (broad SMARTS) is 1. The Morgan fingerprint density at radius 2 is 1.66 bits per heavy atom. The van der Waals surface area contributed by atoms with Gasteiger partial charge in [0, 0.05) is 10.9 Å². The molecule has 1 saturated carbocycles. The number of rotatable bonds is 4. The third kappa shape index (κ3) is 5.41. The van der Waals surface area contributed by atoms with Crippen molar-refractivity contribution in [3.8, 4) is 11.1 Å². The molecule has 0 bridgehead atoms. The maximum Gasteiger partial charge on any atom is 0.416 e. The Kier molecular flexibility index (Phi) is 6.79. The van der Waals surface area contributed by atoms with Crippen molar-refractivity contribution in [3.05, 3.63) is 50.6 Å². The number of aliphatic carboxylic acids is 1. The number of benzene rings is 1. The van der Waals surface area contributed by atoms with Gasteiger partial charge in [-0.1, -0.05) is 24.0 Å². The lowest BCUT2D eigenvalue weighted by Crippen LogP contribution is -2.37. The molecule has 1 saturated heterocycles. The number of thioether (sulfide) groups is 1. The van der Waals surface area contributed by atoms with Crippen molar-refractivity contribution in [1.29, 1.82) is 0 Å². The number of thiophene rings is 1. The molecule has 186 valence electrons. The van der Waals surface area contributed by atoms with Crippen LogP contribution in [0.25, 0.3) is 17.2 Å². The maximum absolute atomic E-state index is 13.2. The summed E-state index contributed by atoms with van der Waals surface area (Å²) in [7, 11) is 0. The van der Waals surface area contributed by atoms with Crippen LogP contribution in [0.15, 0.2) is 34.6 Å². The summed E-state index contributed by atoms with van der Waals surface area (Å²) in [4.78, 5) is 26.2. The molecule has 0 radical (unpaired) electrons. The summed E-state index contributed by atoms with van der Waals surface area (Å²) in [5, 5.41) is 10.6. The SMILES string of the molecule is O=C(O)[C@@H]1CC[C@H](N2C(=O)C(=Cc3cc(-c4cc(C(F)(F)F)cc(C(F)(F)F)c4)cs3)SC2=S)C1. The van der Waals surface area contributed by atoms with Crippen molar-refractivity contribution in [3.63, 3.8) is 0 Å². The molecule has 1 amide bonds. The minimum atomic E-state index is -4.96. The minimum Gasteiger partial charge on any atom is -0.481 e. The fourth-order valence-electron chi connectivity index (χ4n) is 4.04. The van der Waals surface area contributed by atoms with E-state index in [-0.39, 0.29) is 38.9 Å². The van der Waals surface area contributed by atoms with E-state index >= 15 is 0 Å². The Hall–Kier alpha value is -2.38. The molecular formula is C22H15F6NO3S3. The van der Waals surface area contributed by atoms with Crippen molar-refractivity contribution in [1.82, 2.24) is 4.90 Å². The zero-order valence-electron chi connectivity index (χ0n) is 17.4. The highest BCUT2D eigenvalue weighted by Crippen LogP contribution is 2.42. The van der Waals surface area contributed by atoms with Crippen LogP contribution >= 0.6 is 35.3 Å². The van der Waals surface area contributed by atoms with Gasteiger partial charge in [0.25, 0.3) is 5.91 Å². The monoisotopic (exact) mass is 551 g/mol. The zero-order chi connectivity index (χ0) is 25.7. The number of amides is 1. The average Bonchev–Trinajstić information content (AvgIpc) is 3.47. The first-order chi connectivity index (χ1) is 16.2. The van der Waals surface area contributed by atoms with Crippen molar-refractivity contribution < 1.29 is 41.0 Å². The number of hydrogen-bond donors (Lipinski definition) is 1. The molecule has 2 atom stereocenters. The van der Waals surface area contributed by atoms with E-state index in [1.807, 2.05) is 0 Å². The molecule has 1 aliphatic carbocycles. The topological polar surface area (TPSA) is 57.6 Å². The van der Waals surface area contributed by atoms with E-state index < -0.39 is 41.3 Å². The summed E-state index contributed by atoms with van der Waals surface area (Å²) >= 11 is 7.38. The first-order valence-electron chi connectivity index (χ1n) is 10.1. The highest BCUT2D eigenvalue weighted by atomic mass is 32.2. The largest absolute Gasteiger partial charge is 0.481 e. The van der Waals surface area contributed by atoms with Crippen LogP contribution in [0.1, 0.15) is 35.3 Å². The first-order valence-corrected chi connectivity index (χ1v) is 12.2. The van der Waals surface area contributed by atoms with Crippen molar-refractivity contribution in [2.24, 2.45) is 5.92 Å². The Morgan fingerprint density at radius 3 is 2.20 bits per heavy atom. The third-order valence-corrected chi connectivity index (χ3v) is 7.97. The molecule has 2 fully saturated rings. The molecule has 1 aromatic carbocycles.